The summed E-state index contributed by atoms with van der Waals surface area (Å²) < 4.78 is 5.00. The van der Waals surface area contributed by atoms with Crippen molar-refractivity contribution in [2.75, 3.05) is 0 Å². The summed E-state index contributed by atoms with van der Waals surface area (Å²) in [5.41, 5.74) is 2.15. The maximum absolute atomic E-state index is 12.1. The summed E-state index contributed by atoms with van der Waals surface area (Å²) in [6.45, 7) is 3.97. The van der Waals surface area contributed by atoms with E-state index in [4.69, 9.17) is 9.52 Å². The zero-order valence-corrected chi connectivity index (χ0v) is 11.9. The molecular formula is C16H17NO4. The van der Waals surface area contributed by atoms with E-state index in [9.17, 15) is 9.59 Å². The van der Waals surface area contributed by atoms with Gasteiger partial charge in [0.15, 0.2) is 5.76 Å². The van der Waals surface area contributed by atoms with Crippen molar-refractivity contribution in [1.29, 1.82) is 0 Å². The molecule has 1 heterocycles. The molecule has 1 unspecified atom stereocenters. The number of aryl methyl sites for hydroxylation is 1. The second kappa shape index (κ2) is 6.26. The Bertz CT molecular complexity index is 643. The first-order chi connectivity index (χ1) is 10.0. The van der Waals surface area contributed by atoms with Gasteiger partial charge in [-0.2, -0.15) is 0 Å². The van der Waals surface area contributed by atoms with Gasteiger partial charge in [-0.1, -0.05) is 36.8 Å². The largest absolute Gasteiger partial charge is 0.475 e. The summed E-state index contributed by atoms with van der Waals surface area (Å²) in [5, 5.41) is 11.6. The van der Waals surface area contributed by atoms with Crippen LogP contribution in [0.2, 0.25) is 0 Å². The maximum Gasteiger partial charge on any atom is 0.371 e. The lowest BCUT2D eigenvalue weighted by Gasteiger charge is -2.16. The van der Waals surface area contributed by atoms with Gasteiger partial charge in [0.25, 0.3) is 5.91 Å². The van der Waals surface area contributed by atoms with Gasteiger partial charge in [-0.25, -0.2) is 4.79 Å². The Morgan fingerprint density at radius 2 is 1.76 bits per heavy atom. The number of amides is 1. The molecular weight excluding hydrogens is 270 g/mol. The SMILES string of the molecule is CCC(NC(=O)c1ccc(C(=O)O)o1)c1ccc(C)cc1. The number of carbonyl (C=O) groups is 2. The fourth-order valence-corrected chi connectivity index (χ4v) is 2.02. The van der Waals surface area contributed by atoms with Crippen molar-refractivity contribution in [1.82, 2.24) is 5.32 Å². The molecule has 5 heteroatoms. The van der Waals surface area contributed by atoms with E-state index in [-0.39, 0.29) is 17.6 Å². The van der Waals surface area contributed by atoms with Crippen LogP contribution in [-0.2, 0) is 0 Å². The van der Waals surface area contributed by atoms with Crippen LogP contribution in [0.15, 0.2) is 40.8 Å². The number of furan rings is 1. The summed E-state index contributed by atoms with van der Waals surface area (Å²) in [5.74, 6) is -1.86. The predicted molar refractivity (Wildman–Crippen MR) is 77.3 cm³/mol. The summed E-state index contributed by atoms with van der Waals surface area (Å²) in [4.78, 5) is 22.8. The molecule has 0 aliphatic rings. The Hall–Kier alpha value is -2.56. The number of carboxylic acids is 1. The molecule has 0 aliphatic carbocycles. The van der Waals surface area contributed by atoms with E-state index in [1.54, 1.807) is 0 Å². The van der Waals surface area contributed by atoms with Gasteiger partial charge in [0.05, 0.1) is 6.04 Å². The first-order valence-corrected chi connectivity index (χ1v) is 6.71. The third-order valence-corrected chi connectivity index (χ3v) is 3.23. The monoisotopic (exact) mass is 287 g/mol. The highest BCUT2D eigenvalue weighted by Crippen LogP contribution is 2.18. The fourth-order valence-electron chi connectivity index (χ4n) is 2.02. The van der Waals surface area contributed by atoms with Crippen LogP contribution in [0.25, 0.3) is 0 Å². The molecule has 1 atom stereocenters. The van der Waals surface area contributed by atoms with Crippen LogP contribution in [-0.4, -0.2) is 17.0 Å². The molecule has 0 saturated heterocycles. The van der Waals surface area contributed by atoms with Crippen molar-refractivity contribution in [2.24, 2.45) is 0 Å². The highest BCUT2D eigenvalue weighted by Gasteiger charge is 2.18. The molecule has 1 amide bonds. The minimum Gasteiger partial charge on any atom is -0.475 e. The third-order valence-electron chi connectivity index (χ3n) is 3.23. The summed E-state index contributed by atoms with van der Waals surface area (Å²) in [6, 6.07) is 10.4. The second-order valence-electron chi connectivity index (χ2n) is 4.81. The molecule has 0 radical (unpaired) electrons. The number of rotatable bonds is 5. The molecule has 2 aromatic rings. The van der Waals surface area contributed by atoms with Gasteiger partial charge in [0, 0.05) is 0 Å². The Balaban J connectivity index is 2.12. The summed E-state index contributed by atoms with van der Waals surface area (Å²) in [6.07, 6.45) is 0.724. The van der Waals surface area contributed by atoms with Gasteiger partial charge < -0.3 is 14.8 Å². The number of benzene rings is 1. The minimum absolute atomic E-state index is 0.00189. The smallest absolute Gasteiger partial charge is 0.371 e. The first kappa shape index (κ1) is 14.8. The van der Waals surface area contributed by atoms with Gasteiger partial charge in [0.2, 0.25) is 5.76 Å². The van der Waals surface area contributed by atoms with Crippen molar-refractivity contribution in [3.05, 3.63) is 59.0 Å². The Morgan fingerprint density at radius 1 is 1.14 bits per heavy atom. The molecule has 2 N–H and O–H groups in total. The molecule has 0 bridgehead atoms. The van der Waals surface area contributed by atoms with Gasteiger partial charge in [-0.3, -0.25) is 4.79 Å². The molecule has 110 valence electrons. The number of hydrogen-bond donors (Lipinski definition) is 2. The van der Waals surface area contributed by atoms with Crippen LogP contribution >= 0.6 is 0 Å². The molecule has 0 fully saturated rings. The Labute approximate surface area is 122 Å². The van der Waals surface area contributed by atoms with E-state index in [2.05, 4.69) is 5.32 Å². The van der Waals surface area contributed by atoms with Crippen LogP contribution < -0.4 is 5.32 Å². The van der Waals surface area contributed by atoms with Crippen LogP contribution in [0.1, 0.15) is 51.6 Å². The predicted octanol–water partition coefficient (Wildman–Crippen LogP) is 3.17. The Kier molecular flexibility index (Phi) is 4.42. The van der Waals surface area contributed by atoms with Crippen molar-refractivity contribution in [3.8, 4) is 0 Å². The van der Waals surface area contributed by atoms with Gasteiger partial charge in [0.1, 0.15) is 0 Å². The molecule has 2 rings (SSSR count). The standard InChI is InChI=1S/C16H17NO4/c1-3-12(11-6-4-10(2)5-7-11)17-15(18)13-8-9-14(21-13)16(19)20/h4-9,12H,3H2,1-2H3,(H,17,18)(H,19,20). The van der Waals surface area contributed by atoms with Crippen molar-refractivity contribution in [2.45, 2.75) is 26.3 Å². The lowest BCUT2D eigenvalue weighted by atomic mass is 10.0. The molecule has 21 heavy (non-hydrogen) atoms. The Morgan fingerprint density at radius 3 is 2.29 bits per heavy atom. The highest BCUT2D eigenvalue weighted by atomic mass is 16.4. The average molecular weight is 287 g/mol. The van der Waals surface area contributed by atoms with Gasteiger partial charge in [-0.15, -0.1) is 0 Å². The highest BCUT2D eigenvalue weighted by molar-refractivity contribution is 5.93. The maximum atomic E-state index is 12.1. The van der Waals surface area contributed by atoms with Gasteiger partial charge >= 0.3 is 5.97 Å². The number of carbonyl (C=O) groups excluding carboxylic acids is 1. The number of nitrogens with one attached hydrogen (secondary N) is 1. The van der Waals surface area contributed by atoms with Crippen LogP contribution in [0.5, 0.6) is 0 Å². The fraction of sp³-hybridized carbons (Fsp3) is 0.250. The zero-order valence-electron chi connectivity index (χ0n) is 11.9. The van der Waals surface area contributed by atoms with Crippen molar-refractivity contribution >= 4 is 11.9 Å². The molecule has 0 aliphatic heterocycles. The van der Waals surface area contributed by atoms with E-state index in [0.717, 1.165) is 17.5 Å². The first-order valence-electron chi connectivity index (χ1n) is 6.71. The molecule has 5 nitrogen and oxygen atoms in total. The van der Waals surface area contributed by atoms with Crippen molar-refractivity contribution in [3.63, 3.8) is 0 Å². The van der Waals surface area contributed by atoms with Crippen LogP contribution in [0.3, 0.4) is 0 Å². The van der Waals surface area contributed by atoms with E-state index in [0.29, 0.717) is 0 Å². The van der Waals surface area contributed by atoms with E-state index in [1.807, 2.05) is 38.1 Å². The van der Waals surface area contributed by atoms with Crippen LogP contribution in [0, 0.1) is 6.92 Å². The summed E-state index contributed by atoms with van der Waals surface area (Å²) >= 11 is 0. The zero-order chi connectivity index (χ0) is 15.4. The molecule has 0 saturated carbocycles. The number of aromatic carboxylic acids is 1. The average Bonchev–Trinajstić information content (AvgIpc) is 2.96. The quantitative estimate of drug-likeness (QED) is 0.885. The topological polar surface area (TPSA) is 79.5 Å². The lowest BCUT2D eigenvalue weighted by Crippen LogP contribution is -2.27. The molecule has 1 aromatic heterocycles. The van der Waals surface area contributed by atoms with E-state index >= 15 is 0 Å². The van der Waals surface area contributed by atoms with E-state index in [1.165, 1.54) is 12.1 Å². The second-order valence-corrected chi connectivity index (χ2v) is 4.81. The van der Waals surface area contributed by atoms with Crippen molar-refractivity contribution < 1.29 is 19.1 Å². The number of carboxylic acid groups (broad SMARTS) is 1. The van der Waals surface area contributed by atoms with Crippen LogP contribution in [0.4, 0.5) is 0 Å². The summed E-state index contributed by atoms with van der Waals surface area (Å²) in [7, 11) is 0. The number of hydrogen-bond acceptors (Lipinski definition) is 3. The van der Waals surface area contributed by atoms with Gasteiger partial charge in [-0.05, 0) is 31.0 Å². The lowest BCUT2D eigenvalue weighted by molar-refractivity contribution is 0.0659. The third kappa shape index (κ3) is 3.51. The minimum atomic E-state index is -1.19. The van der Waals surface area contributed by atoms with E-state index < -0.39 is 11.9 Å². The molecule has 0 spiro atoms. The normalized spacial score (nSPS) is 11.9. The molecule has 1 aromatic carbocycles.